The minimum atomic E-state index is 0.713. The molecule has 0 saturated heterocycles. The smallest absolute Gasteiger partial charge is 0.0225 e. The van der Waals surface area contributed by atoms with Crippen molar-refractivity contribution in [2.45, 2.75) is 19.3 Å². The third kappa shape index (κ3) is 21.7. The summed E-state index contributed by atoms with van der Waals surface area (Å²) in [5.74, 6) is 0. The van der Waals surface area contributed by atoms with Gasteiger partial charge in [0, 0.05) is 45.8 Å². The molecule has 0 aromatic rings. The van der Waals surface area contributed by atoms with E-state index in [0.29, 0.717) is 6.54 Å². The molecule has 0 heterocycles. The first-order valence-corrected chi connectivity index (χ1v) is 9.10. The fraction of sp³-hybridized carbons (Fsp3) is 1.00. The number of rotatable bonds is 20. The largest absolute Gasteiger partial charge is 0.330 e. The van der Waals surface area contributed by atoms with Gasteiger partial charge in [-0.25, -0.2) is 0 Å². The van der Waals surface area contributed by atoms with Crippen molar-refractivity contribution in [2.75, 3.05) is 78.5 Å². The van der Waals surface area contributed by atoms with Crippen molar-refractivity contribution >= 4 is 0 Å². The van der Waals surface area contributed by atoms with Crippen LogP contribution in [0, 0.1) is 0 Å². The van der Waals surface area contributed by atoms with Crippen LogP contribution in [-0.4, -0.2) is 78.5 Å². The standard InChI is InChI=1S/C15H40N8/c16-4-1-6-19-12-13-20-9-3-10-22-23-15-14-21-8-2-7-18-11-5-17/h18-23H,1-17H2. The molecule has 0 aliphatic carbocycles. The molecule has 8 heteroatoms. The average molecular weight is 333 g/mol. The maximum atomic E-state index is 5.43. The van der Waals surface area contributed by atoms with Crippen LogP contribution in [0.25, 0.3) is 0 Å². The highest BCUT2D eigenvalue weighted by molar-refractivity contribution is 4.55. The van der Waals surface area contributed by atoms with Gasteiger partial charge in [0.1, 0.15) is 0 Å². The maximum absolute atomic E-state index is 5.43. The molecule has 0 aliphatic rings. The van der Waals surface area contributed by atoms with Crippen LogP contribution >= 0.6 is 0 Å². The van der Waals surface area contributed by atoms with Gasteiger partial charge < -0.3 is 32.7 Å². The second-order valence-corrected chi connectivity index (χ2v) is 5.49. The Morgan fingerprint density at radius 3 is 1.48 bits per heavy atom. The lowest BCUT2D eigenvalue weighted by molar-refractivity contribution is 0.491. The molecule has 0 radical (unpaired) electrons. The first-order valence-electron chi connectivity index (χ1n) is 9.10. The van der Waals surface area contributed by atoms with Crippen LogP contribution in [-0.2, 0) is 0 Å². The second kappa shape index (κ2) is 21.7. The monoisotopic (exact) mass is 332 g/mol. The Hall–Kier alpha value is -0.320. The Bertz CT molecular complexity index is 186. The number of nitrogens with one attached hydrogen (secondary N) is 6. The van der Waals surface area contributed by atoms with Gasteiger partial charge in [-0.2, -0.15) is 0 Å². The summed E-state index contributed by atoms with van der Waals surface area (Å²) >= 11 is 0. The molecular weight excluding hydrogens is 292 g/mol. The minimum Gasteiger partial charge on any atom is -0.330 e. The highest BCUT2D eigenvalue weighted by Gasteiger charge is 1.91. The second-order valence-electron chi connectivity index (χ2n) is 5.49. The first-order chi connectivity index (χ1) is 11.4. The van der Waals surface area contributed by atoms with Gasteiger partial charge >= 0.3 is 0 Å². The van der Waals surface area contributed by atoms with Crippen LogP contribution in [0.1, 0.15) is 19.3 Å². The van der Waals surface area contributed by atoms with Crippen molar-refractivity contribution in [3.63, 3.8) is 0 Å². The van der Waals surface area contributed by atoms with E-state index in [1.165, 1.54) is 0 Å². The van der Waals surface area contributed by atoms with Gasteiger partial charge in [0.05, 0.1) is 0 Å². The molecule has 0 aliphatic heterocycles. The summed E-state index contributed by atoms with van der Waals surface area (Å²) in [6, 6.07) is 0. The number of hydrogen-bond acceptors (Lipinski definition) is 8. The molecule has 0 spiro atoms. The van der Waals surface area contributed by atoms with E-state index in [9.17, 15) is 0 Å². The Balaban J connectivity index is 2.92. The lowest BCUT2D eigenvalue weighted by Crippen LogP contribution is -2.39. The molecule has 0 saturated carbocycles. The molecular formula is C15H40N8. The normalized spacial score (nSPS) is 11.2. The zero-order chi connectivity index (χ0) is 16.8. The van der Waals surface area contributed by atoms with E-state index in [-0.39, 0.29) is 0 Å². The van der Waals surface area contributed by atoms with Gasteiger partial charge in [-0.15, -0.1) is 0 Å². The van der Waals surface area contributed by atoms with Gasteiger partial charge in [0.25, 0.3) is 0 Å². The van der Waals surface area contributed by atoms with Gasteiger partial charge in [-0.1, -0.05) is 0 Å². The molecule has 0 rings (SSSR count). The summed E-state index contributed by atoms with van der Waals surface area (Å²) in [5, 5.41) is 13.4. The fourth-order valence-corrected chi connectivity index (χ4v) is 1.97. The third-order valence-corrected chi connectivity index (χ3v) is 3.27. The van der Waals surface area contributed by atoms with Crippen molar-refractivity contribution in [3.05, 3.63) is 0 Å². The average Bonchev–Trinajstić information content (AvgIpc) is 2.57. The van der Waals surface area contributed by atoms with Gasteiger partial charge in [-0.05, 0) is 52.0 Å². The summed E-state index contributed by atoms with van der Waals surface area (Å²) in [5.41, 5.74) is 17.3. The molecule has 10 N–H and O–H groups in total. The van der Waals surface area contributed by atoms with Crippen LogP contribution in [0.15, 0.2) is 0 Å². The minimum absolute atomic E-state index is 0.713. The van der Waals surface area contributed by atoms with Crippen LogP contribution in [0.4, 0.5) is 0 Å². The summed E-state index contributed by atoms with van der Waals surface area (Å²) in [6.07, 6.45) is 3.31. The topological polar surface area (TPSA) is 124 Å². The number of hydrazine groups is 1. The molecule has 0 bridgehead atoms. The van der Waals surface area contributed by atoms with E-state index in [4.69, 9.17) is 11.5 Å². The zero-order valence-electron chi connectivity index (χ0n) is 14.8. The zero-order valence-corrected chi connectivity index (χ0v) is 14.8. The highest BCUT2D eigenvalue weighted by atomic mass is 15.3. The molecule has 0 amide bonds. The Kier molecular flexibility index (Phi) is 21.4. The first kappa shape index (κ1) is 22.7. The van der Waals surface area contributed by atoms with Crippen molar-refractivity contribution in [3.8, 4) is 0 Å². The molecule has 23 heavy (non-hydrogen) atoms. The molecule has 0 fully saturated rings. The van der Waals surface area contributed by atoms with Crippen molar-refractivity contribution in [2.24, 2.45) is 11.5 Å². The van der Waals surface area contributed by atoms with E-state index in [2.05, 4.69) is 32.1 Å². The molecule has 8 nitrogen and oxygen atoms in total. The predicted octanol–water partition coefficient (Wildman–Crippen LogP) is -2.47. The summed E-state index contributed by atoms with van der Waals surface area (Å²) in [6.45, 7) is 11.5. The number of hydrogen-bond donors (Lipinski definition) is 8. The van der Waals surface area contributed by atoms with Gasteiger partial charge in [0.2, 0.25) is 0 Å². The maximum Gasteiger partial charge on any atom is 0.0225 e. The Morgan fingerprint density at radius 1 is 0.391 bits per heavy atom. The van der Waals surface area contributed by atoms with E-state index in [1.54, 1.807) is 0 Å². The quantitative estimate of drug-likeness (QED) is 0.0911. The van der Waals surface area contributed by atoms with Crippen LogP contribution in [0.5, 0.6) is 0 Å². The van der Waals surface area contributed by atoms with Gasteiger partial charge in [0.15, 0.2) is 0 Å². The lowest BCUT2D eigenvalue weighted by atomic mass is 10.4. The SMILES string of the molecule is NCCCNCCNCCCNNCCNCCCNCCN. The van der Waals surface area contributed by atoms with Crippen LogP contribution < -0.4 is 43.6 Å². The predicted molar refractivity (Wildman–Crippen MR) is 99.4 cm³/mol. The molecule has 0 unspecified atom stereocenters. The van der Waals surface area contributed by atoms with Crippen molar-refractivity contribution < 1.29 is 0 Å². The van der Waals surface area contributed by atoms with E-state index < -0.39 is 0 Å². The van der Waals surface area contributed by atoms with E-state index in [1.807, 2.05) is 0 Å². The molecule has 0 aromatic carbocycles. The van der Waals surface area contributed by atoms with Crippen LogP contribution in [0.2, 0.25) is 0 Å². The summed E-state index contributed by atoms with van der Waals surface area (Å²) < 4.78 is 0. The van der Waals surface area contributed by atoms with E-state index in [0.717, 1.165) is 91.3 Å². The molecule has 140 valence electrons. The van der Waals surface area contributed by atoms with Crippen molar-refractivity contribution in [1.29, 1.82) is 0 Å². The fourth-order valence-electron chi connectivity index (χ4n) is 1.97. The molecule has 0 aromatic heterocycles. The lowest BCUT2D eigenvalue weighted by Gasteiger charge is -2.09. The Morgan fingerprint density at radius 2 is 0.870 bits per heavy atom. The Labute approximate surface area is 142 Å². The van der Waals surface area contributed by atoms with Crippen LogP contribution in [0.3, 0.4) is 0 Å². The summed E-state index contributed by atoms with van der Waals surface area (Å²) in [4.78, 5) is 0. The van der Waals surface area contributed by atoms with Gasteiger partial charge in [-0.3, -0.25) is 10.9 Å². The highest BCUT2D eigenvalue weighted by Crippen LogP contribution is 1.74. The van der Waals surface area contributed by atoms with E-state index >= 15 is 0 Å². The summed E-state index contributed by atoms with van der Waals surface area (Å²) in [7, 11) is 0. The third-order valence-electron chi connectivity index (χ3n) is 3.27. The number of nitrogens with two attached hydrogens (primary N) is 2. The molecule has 0 atom stereocenters. The van der Waals surface area contributed by atoms with Crippen molar-refractivity contribution in [1.82, 2.24) is 32.1 Å².